The summed E-state index contributed by atoms with van der Waals surface area (Å²) in [5.41, 5.74) is 1.07. The van der Waals surface area contributed by atoms with Crippen molar-refractivity contribution in [2.45, 2.75) is 20.0 Å². The number of ether oxygens (including phenoxy) is 1. The van der Waals surface area contributed by atoms with Crippen LogP contribution in [0.2, 0.25) is 0 Å². The van der Waals surface area contributed by atoms with Crippen molar-refractivity contribution in [1.82, 2.24) is 9.88 Å². The largest absolute Gasteiger partial charge is 0.377 e. The molecule has 1 aliphatic rings. The molecular formula is C18H23F2N3O. The normalized spacial score (nSPS) is 16.3. The van der Waals surface area contributed by atoms with Crippen LogP contribution >= 0.6 is 0 Å². The molecule has 0 N–H and O–H groups in total. The summed E-state index contributed by atoms with van der Waals surface area (Å²) in [6.07, 6.45) is 1.83. The first-order valence-corrected chi connectivity index (χ1v) is 8.37. The molecule has 0 radical (unpaired) electrons. The first-order valence-electron chi connectivity index (χ1n) is 8.37. The first-order chi connectivity index (χ1) is 11.5. The highest BCUT2D eigenvalue weighted by Gasteiger charge is 2.20. The van der Waals surface area contributed by atoms with Gasteiger partial charge < -0.3 is 9.64 Å². The minimum atomic E-state index is -0.615. The molecule has 0 saturated carbocycles. The molecule has 0 aliphatic carbocycles. The van der Waals surface area contributed by atoms with Crippen LogP contribution in [0.15, 0.2) is 24.4 Å². The number of hydrogen-bond acceptors (Lipinski definition) is 4. The zero-order valence-corrected chi connectivity index (χ0v) is 14.1. The Bertz CT molecular complexity index is 700. The summed E-state index contributed by atoms with van der Waals surface area (Å²) in [4.78, 5) is 8.57. The topological polar surface area (TPSA) is 28.6 Å². The molecule has 130 valence electrons. The molecule has 24 heavy (non-hydrogen) atoms. The lowest BCUT2D eigenvalue weighted by Crippen LogP contribution is -2.47. The summed E-state index contributed by atoms with van der Waals surface area (Å²) in [5.74, 6) is -1.19. The van der Waals surface area contributed by atoms with Crippen LogP contribution in [0.1, 0.15) is 13.8 Å². The van der Waals surface area contributed by atoms with Crippen LogP contribution in [0.3, 0.4) is 0 Å². The highest BCUT2D eigenvalue weighted by atomic mass is 19.1. The van der Waals surface area contributed by atoms with Gasteiger partial charge in [-0.25, -0.2) is 8.78 Å². The van der Waals surface area contributed by atoms with Crippen molar-refractivity contribution >= 4 is 16.6 Å². The summed E-state index contributed by atoms with van der Waals surface area (Å²) >= 11 is 0. The summed E-state index contributed by atoms with van der Waals surface area (Å²) in [5, 5.41) is 0.534. The molecule has 0 atom stereocenters. The Balaban J connectivity index is 1.70. The summed E-state index contributed by atoms with van der Waals surface area (Å²) in [6, 6.07) is 4.08. The van der Waals surface area contributed by atoms with Gasteiger partial charge in [0.05, 0.1) is 12.7 Å². The molecule has 0 bridgehead atoms. The first kappa shape index (κ1) is 17.0. The highest BCUT2D eigenvalue weighted by molar-refractivity contribution is 5.92. The molecule has 1 fully saturated rings. The fraction of sp³-hybridized carbons (Fsp3) is 0.500. The molecule has 6 heteroatoms. The number of hydrogen-bond donors (Lipinski definition) is 0. The van der Waals surface area contributed by atoms with E-state index < -0.39 is 11.6 Å². The molecule has 2 aromatic rings. The molecule has 3 rings (SSSR count). The predicted molar refractivity (Wildman–Crippen MR) is 91.4 cm³/mol. The van der Waals surface area contributed by atoms with Crippen LogP contribution in [0.4, 0.5) is 14.5 Å². The van der Waals surface area contributed by atoms with Crippen molar-refractivity contribution in [2.24, 2.45) is 0 Å². The Labute approximate surface area is 141 Å². The second kappa shape index (κ2) is 7.40. The van der Waals surface area contributed by atoms with Crippen molar-refractivity contribution in [1.29, 1.82) is 0 Å². The molecule has 1 saturated heterocycles. The Morgan fingerprint density at radius 2 is 1.92 bits per heavy atom. The average Bonchev–Trinajstić information content (AvgIpc) is 2.55. The number of halogens is 2. The zero-order chi connectivity index (χ0) is 17.1. The second-order valence-corrected chi connectivity index (χ2v) is 6.36. The lowest BCUT2D eigenvalue weighted by atomic mass is 10.1. The SMILES string of the molecule is CC(C)OCCN1CCN(c2ccnc3c(F)cc(F)cc23)CC1. The van der Waals surface area contributed by atoms with Gasteiger partial charge in [-0.05, 0) is 26.0 Å². The van der Waals surface area contributed by atoms with E-state index >= 15 is 0 Å². The van der Waals surface area contributed by atoms with Gasteiger partial charge in [0, 0.05) is 56.1 Å². The summed E-state index contributed by atoms with van der Waals surface area (Å²) in [7, 11) is 0. The van der Waals surface area contributed by atoms with Gasteiger partial charge >= 0.3 is 0 Å². The smallest absolute Gasteiger partial charge is 0.152 e. The minimum absolute atomic E-state index is 0.224. The second-order valence-electron chi connectivity index (χ2n) is 6.36. The van der Waals surface area contributed by atoms with Crippen LogP contribution in [0.25, 0.3) is 10.9 Å². The van der Waals surface area contributed by atoms with E-state index in [-0.39, 0.29) is 11.6 Å². The molecule has 0 unspecified atom stereocenters. The quantitative estimate of drug-likeness (QED) is 0.840. The lowest BCUT2D eigenvalue weighted by Gasteiger charge is -2.36. The van der Waals surface area contributed by atoms with Crippen molar-refractivity contribution in [3.63, 3.8) is 0 Å². The van der Waals surface area contributed by atoms with Gasteiger partial charge in [-0.2, -0.15) is 0 Å². The number of pyridine rings is 1. The molecule has 0 amide bonds. The number of fused-ring (bicyclic) bond motifs is 1. The fourth-order valence-corrected chi connectivity index (χ4v) is 3.07. The lowest BCUT2D eigenvalue weighted by molar-refractivity contribution is 0.0579. The average molecular weight is 335 g/mol. The molecular weight excluding hydrogens is 312 g/mol. The monoisotopic (exact) mass is 335 g/mol. The van der Waals surface area contributed by atoms with Crippen LogP contribution in [0, 0.1) is 11.6 Å². The molecule has 4 nitrogen and oxygen atoms in total. The van der Waals surface area contributed by atoms with Crippen LogP contribution in [-0.2, 0) is 4.74 Å². The summed E-state index contributed by atoms with van der Waals surface area (Å²) < 4.78 is 33.1. The van der Waals surface area contributed by atoms with E-state index in [0.717, 1.165) is 51.1 Å². The standard InChI is InChI=1S/C18H23F2N3O/c1-13(2)24-10-9-22-5-7-23(8-6-22)17-3-4-21-18-15(17)11-14(19)12-16(18)20/h3-4,11-13H,5-10H2,1-2H3. The third-order valence-corrected chi connectivity index (χ3v) is 4.31. The van der Waals surface area contributed by atoms with Crippen LogP contribution in [-0.4, -0.2) is 55.3 Å². The highest BCUT2D eigenvalue weighted by Crippen LogP contribution is 2.28. The van der Waals surface area contributed by atoms with Gasteiger partial charge in [0.15, 0.2) is 5.82 Å². The third-order valence-electron chi connectivity index (χ3n) is 4.31. The summed E-state index contributed by atoms with van der Waals surface area (Å²) in [6.45, 7) is 9.15. The van der Waals surface area contributed by atoms with E-state index in [0.29, 0.717) is 5.39 Å². The predicted octanol–water partition coefficient (Wildman–Crippen LogP) is 3.06. The Hall–Kier alpha value is -1.79. The van der Waals surface area contributed by atoms with Crippen molar-refractivity contribution < 1.29 is 13.5 Å². The molecule has 1 aromatic heterocycles. The van der Waals surface area contributed by atoms with E-state index in [2.05, 4.69) is 14.8 Å². The van der Waals surface area contributed by atoms with Gasteiger partial charge in [-0.15, -0.1) is 0 Å². The number of benzene rings is 1. The van der Waals surface area contributed by atoms with Gasteiger partial charge in [0.2, 0.25) is 0 Å². The number of aromatic nitrogens is 1. The van der Waals surface area contributed by atoms with Crippen molar-refractivity contribution in [3.8, 4) is 0 Å². The van der Waals surface area contributed by atoms with Gasteiger partial charge in [-0.3, -0.25) is 9.88 Å². The maximum Gasteiger partial charge on any atom is 0.152 e. The van der Waals surface area contributed by atoms with Crippen LogP contribution < -0.4 is 4.90 Å². The Morgan fingerprint density at radius 1 is 1.17 bits per heavy atom. The van der Waals surface area contributed by atoms with Gasteiger partial charge in [0.25, 0.3) is 0 Å². The van der Waals surface area contributed by atoms with E-state index in [1.165, 1.54) is 6.07 Å². The van der Waals surface area contributed by atoms with Crippen molar-refractivity contribution in [2.75, 3.05) is 44.2 Å². The minimum Gasteiger partial charge on any atom is -0.377 e. The van der Waals surface area contributed by atoms with Gasteiger partial charge in [-0.1, -0.05) is 0 Å². The number of nitrogens with zero attached hydrogens (tertiary/aromatic N) is 3. The van der Waals surface area contributed by atoms with E-state index in [1.54, 1.807) is 6.20 Å². The maximum absolute atomic E-state index is 13.9. The van der Waals surface area contributed by atoms with Crippen molar-refractivity contribution in [3.05, 3.63) is 36.0 Å². The molecule has 2 heterocycles. The maximum atomic E-state index is 13.9. The van der Waals surface area contributed by atoms with E-state index in [4.69, 9.17) is 4.74 Å². The number of piperazine rings is 1. The zero-order valence-electron chi connectivity index (χ0n) is 14.1. The number of rotatable bonds is 5. The van der Waals surface area contributed by atoms with E-state index in [9.17, 15) is 8.78 Å². The third kappa shape index (κ3) is 3.82. The molecule has 0 spiro atoms. The number of anilines is 1. The Morgan fingerprint density at radius 3 is 2.62 bits per heavy atom. The molecule has 1 aliphatic heterocycles. The van der Waals surface area contributed by atoms with Crippen LogP contribution in [0.5, 0.6) is 0 Å². The fourth-order valence-electron chi connectivity index (χ4n) is 3.07. The van der Waals surface area contributed by atoms with Gasteiger partial charge in [0.1, 0.15) is 11.3 Å². The molecule has 1 aromatic carbocycles. The Kier molecular flexibility index (Phi) is 5.26. The van der Waals surface area contributed by atoms with E-state index in [1.807, 2.05) is 19.9 Å².